The lowest BCUT2D eigenvalue weighted by Gasteiger charge is -2.23. The Morgan fingerprint density at radius 1 is 1.00 bits per heavy atom. The number of nitrogens with zero attached hydrogens (tertiary/aromatic N) is 1. The summed E-state index contributed by atoms with van der Waals surface area (Å²) in [6.45, 7) is 3.78. The van der Waals surface area contributed by atoms with Crippen LogP contribution in [0.2, 0.25) is 0 Å². The molecule has 2 heteroatoms. The van der Waals surface area contributed by atoms with Gasteiger partial charge in [-0.05, 0) is 63.3 Å². The highest BCUT2D eigenvalue weighted by Crippen LogP contribution is 2.44. The quantitative estimate of drug-likeness (QED) is 0.712. The fourth-order valence-corrected chi connectivity index (χ4v) is 3.78. The minimum atomic E-state index is 0.880. The van der Waals surface area contributed by atoms with E-state index < -0.39 is 0 Å². The summed E-state index contributed by atoms with van der Waals surface area (Å²) in [5.74, 6) is 3.08. The van der Waals surface area contributed by atoms with Crippen molar-refractivity contribution in [1.29, 1.82) is 0 Å². The molecule has 18 heavy (non-hydrogen) atoms. The number of hydrogen-bond donors (Lipinski definition) is 1. The van der Waals surface area contributed by atoms with Gasteiger partial charge in [0.25, 0.3) is 0 Å². The van der Waals surface area contributed by atoms with Crippen LogP contribution in [0.5, 0.6) is 0 Å². The van der Waals surface area contributed by atoms with Gasteiger partial charge in [-0.15, -0.1) is 0 Å². The van der Waals surface area contributed by atoms with Gasteiger partial charge in [0.1, 0.15) is 0 Å². The first-order valence-electron chi connectivity index (χ1n) is 8.25. The Balaban J connectivity index is 1.30. The molecule has 104 valence electrons. The Kier molecular flexibility index (Phi) is 4.25. The molecule has 0 heterocycles. The molecule has 0 aromatic heterocycles. The van der Waals surface area contributed by atoms with Crippen molar-refractivity contribution in [3.63, 3.8) is 0 Å². The van der Waals surface area contributed by atoms with Crippen LogP contribution < -0.4 is 5.32 Å². The molecule has 3 aliphatic carbocycles. The van der Waals surface area contributed by atoms with E-state index in [1.165, 1.54) is 71.0 Å². The Morgan fingerprint density at radius 2 is 1.61 bits per heavy atom. The Hall–Kier alpha value is -0.0800. The molecule has 0 aliphatic heterocycles. The van der Waals surface area contributed by atoms with Gasteiger partial charge < -0.3 is 10.2 Å². The lowest BCUT2D eigenvalue weighted by atomic mass is 10.1. The summed E-state index contributed by atoms with van der Waals surface area (Å²) in [5, 5.41) is 3.86. The van der Waals surface area contributed by atoms with Crippen molar-refractivity contribution in [2.75, 3.05) is 26.7 Å². The highest BCUT2D eigenvalue weighted by atomic mass is 15.1. The monoisotopic (exact) mass is 250 g/mol. The molecule has 3 fully saturated rings. The number of likely N-dealkylation sites (N-methyl/N-ethyl adjacent to an activating group) is 1. The van der Waals surface area contributed by atoms with Crippen LogP contribution in [0.15, 0.2) is 0 Å². The zero-order chi connectivity index (χ0) is 12.4. The van der Waals surface area contributed by atoms with E-state index in [4.69, 9.17) is 0 Å². The molecule has 0 spiro atoms. The van der Waals surface area contributed by atoms with Gasteiger partial charge >= 0.3 is 0 Å². The summed E-state index contributed by atoms with van der Waals surface area (Å²) in [7, 11) is 2.31. The van der Waals surface area contributed by atoms with Crippen LogP contribution in [0, 0.1) is 17.8 Å². The zero-order valence-electron chi connectivity index (χ0n) is 12.0. The fourth-order valence-electron chi connectivity index (χ4n) is 3.78. The molecule has 0 bridgehead atoms. The molecule has 0 aromatic rings. The van der Waals surface area contributed by atoms with Crippen LogP contribution in [-0.2, 0) is 0 Å². The maximum atomic E-state index is 3.86. The normalized spacial score (nSPS) is 25.5. The van der Waals surface area contributed by atoms with Crippen LogP contribution in [0.3, 0.4) is 0 Å². The first-order valence-corrected chi connectivity index (χ1v) is 8.25. The fraction of sp³-hybridized carbons (Fsp3) is 1.00. The van der Waals surface area contributed by atoms with Crippen molar-refractivity contribution < 1.29 is 0 Å². The molecular formula is C16H30N2. The van der Waals surface area contributed by atoms with Crippen molar-refractivity contribution in [1.82, 2.24) is 10.2 Å². The van der Waals surface area contributed by atoms with E-state index in [2.05, 4.69) is 17.3 Å². The van der Waals surface area contributed by atoms with Crippen LogP contribution in [-0.4, -0.2) is 37.6 Å². The lowest BCUT2D eigenvalue weighted by molar-refractivity contribution is 0.268. The molecular weight excluding hydrogens is 220 g/mol. The Morgan fingerprint density at radius 3 is 2.17 bits per heavy atom. The van der Waals surface area contributed by atoms with Gasteiger partial charge in [-0.25, -0.2) is 0 Å². The summed E-state index contributed by atoms with van der Waals surface area (Å²) < 4.78 is 0. The second kappa shape index (κ2) is 5.92. The molecule has 3 rings (SSSR count). The maximum Gasteiger partial charge on any atom is 0.0124 e. The molecule has 1 N–H and O–H groups in total. The van der Waals surface area contributed by atoms with Gasteiger partial charge in [-0.1, -0.05) is 12.8 Å². The van der Waals surface area contributed by atoms with Gasteiger partial charge in [0.2, 0.25) is 0 Å². The van der Waals surface area contributed by atoms with E-state index in [0.29, 0.717) is 0 Å². The second-order valence-corrected chi connectivity index (χ2v) is 7.07. The van der Waals surface area contributed by atoms with Crippen LogP contribution >= 0.6 is 0 Å². The smallest absolute Gasteiger partial charge is 0.0124 e. The molecule has 0 aromatic carbocycles. The van der Waals surface area contributed by atoms with Gasteiger partial charge in [0.15, 0.2) is 0 Å². The summed E-state index contributed by atoms with van der Waals surface area (Å²) in [6, 6.07) is 0.880. The average Bonchev–Trinajstić information content (AvgIpc) is 3.27. The standard InChI is InChI=1S/C16H30N2/c1-18(12-13-4-2-3-5-13)11-10-17-16(14-6-7-14)15-8-9-15/h13-17H,2-12H2,1H3. The van der Waals surface area contributed by atoms with Crippen LogP contribution in [0.4, 0.5) is 0 Å². The minimum absolute atomic E-state index is 0.880. The summed E-state index contributed by atoms with van der Waals surface area (Å²) >= 11 is 0. The largest absolute Gasteiger partial charge is 0.312 e. The van der Waals surface area contributed by atoms with E-state index in [1.807, 2.05) is 0 Å². The maximum absolute atomic E-state index is 3.86. The van der Waals surface area contributed by atoms with Crippen molar-refractivity contribution in [3.8, 4) is 0 Å². The average molecular weight is 250 g/mol. The van der Waals surface area contributed by atoms with Gasteiger partial charge in [-0.2, -0.15) is 0 Å². The minimum Gasteiger partial charge on any atom is -0.312 e. The van der Waals surface area contributed by atoms with E-state index in [0.717, 1.165) is 23.8 Å². The van der Waals surface area contributed by atoms with E-state index in [1.54, 1.807) is 0 Å². The summed E-state index contributed by atoms with van der Waals surface area (Å²) in [6.07, 6.45) is 11.9. The topological polar surface area (TPSA) is 15.3 Å². The molecule has 0 unspecified atom stereocenters. The number of hydrogen-bond acceptors (Lipinski definition) is 2. The second-order valence-electron chi connectivity index (χ2n) is 7.07. The van der Waals surface area contributed by atoms with E-state index >= 15 is 0 Å². The molecule has 3 aliphatic rings. The molecule has 0 atom stereocenters. The Bertz CT molecular complexity index is 240. The van der Waals surface area contributed by atoms with Crippen molar-refractivity contribution >= 4 is 0 Å². The molecule has 2 nitrogen and oxygen atoms in total. The molecule has 3 saturated carbocycles. The highest BCUT2D eigenvalue weighted by molar-refractivity contribution is 4.96. The van der Waals surface area contributed by atoms with Crippen molar-refractivity contribution in [2.24, 2.45) is 17.8 Å². The van der Waals surface area contributed by atoms with Gasteiger partial charge in [0.05, 0.1) is 0 Å². The highest BCUT2D eigenvalue weighted by Gasteiger charge is 2.40. The van der Waals surface area contributed by atoms with Crippen molar-refractivity contribution in [3.05, 3.63) is 0 Å². The van der Waals surface area contributed by atoms with Crippen LogP contribution in [0.25, 0.3) is 0 Å². The SMILES string of the molecule is CN(CCNC(C1CC1)C1CC1)CC1CCCC1. The van der Waals surface area contributed by atoms with E-state index in [9.17, 15) is 0 Å². The first kappa shape index (κ1) is 12.9. The third kappa shape index (κ3) is 3.71. The summed E-state index contributed by atoms with van der Waals surface area (Å²) in [5.41, 5.74) is 0. The number of rotatable bonds is 8. The molecule has 0 radical (unpaired) electrons. The molecule has 0 amide bonds. The third-order valence-corrected chi connectivity index (χ3v) is 5.18. The third-order valence-electron chi connectivity index (χ3n) is 5.18. The van der Waals surface area contributed by atoms with Gasteiger partial charge in [0, 0.05) is 25.7 Å². The van der Waals surface area contributed by atoms with E-state index in [-0.39, 0.29) is 0 Å². The predicted octanol–water partition coefficient (Wildman–Crippen LogP) is 2.89. The predicted molar refractivity (Wildman–Crippen MR) is 76.7 cm³/mol. The lowest BCUT2D eigenvalue weighted by Crippen LogP contribution is -2.39. The van der Waals surface area contributed by atoms with Gasteiger partial charge in [-0.3, -0.25) is 0 Å². The Labute approximate surface area is 113 Å². The zero-order valence-corrected chi connectivity index (χ0v) is 12.0. The first-order chi connectivity index (χ1) is 8.83. The number of nitrogens with one attached hydrogen (secondary N) is 1. The molecule has 0 saturated heterocycles. The van der Waals surface area contributed by atoms with Crippen LogP contribution in [0.1, 0.15) is 51.4 Å². The van der Waals surface area contributed by atoms with Crippen molar-refractivity contribution in [2.45, 2.75) is 57.4 Å². The summed E-state index contributed by atoms with van der Waals surface area (Å²) in [4.78, 5) is 2.56.